The van der Waals surface area contributed by atoms with Crippen LogP contribution >= 0.6 is 0 Å². The molecule has 1 aromatic rings. The van der Waals surface area contributed by atoms with Crippen LogP contribution in [0.3, 0.4) is 0 Å². The number of nitrogens with zero attached hydrogens (tertiary/aromatic N) is 4. The lowest BCUT2D eigenvalue weighted by atomic mass is 9.93. The van der Waals surface area contributed by atoms with Gasteiger partial charge in [0.05, 0.1) is 6.07 Å². The highest BCUT2D eigenvalue weighted by molar-refractivity contribution is 5.43. The minimum Gasteiger partial charge on any atom is -0.296 e. The van der Waals surface area contributed by atoms with Crippen LogP contribution in [0.15, 0.2) is 23.3 Å². The Kier molecular flexibility index (Phi) is 3.47. The molecule has 1 N–H and O–H groups in total. The summed E-state index contributed by atoms with van der Waals surface area (Å²) in [6.45, 7) is 0.713. The Morgan fingerprint density at radius 3 is 3.17 bits per heavy atom. The van der Waals surface area contributed by atoms with Crippen molar-refractivity contribution < 1.29 is 4.39 Å². The summed E-state index contributed by atoms with van der Waals surface area (Å²) in [5.41, 5.74) is 9.10. The predicted molar refractivity (Wildman–Crippen MR) is 64.0 cm³/mol. The Morgan fingerprint density at radius 1 is 1.61 bits per heavy atom. The Bertz CT molecular complexity index is 544. The summed E-state index contributed by atoms with van der Waals surface area (Å²) in [4.78, 5) is 2.66. The zero-order valence-corrected chi connectivity index (χ0v) is 9.73. The molecule has 0 spiro atoms. The van der Waals surface area contributed by atoms with Crippen LogP contribution in [-0.4, -0.2) is 13.1 Å². The van der Waals surface area contributed by atoms with E-state index in [4.69, 9.17) is 5.53 Å². The first-order valence-electron chi connectivity index (χ1n) is 5.68. The summed E-state index contributed by atoms with van der Waals surface area (Å²) in [5, 5.41) is 15.9. The van der Waals surface area contributed by atoms with E-state index in [1.807, 2.05) is 0 Å². The van der Waals surface area contributed by atoms with Crippen LogP contribution in [0.1, 0.15) is 17.5 Å². The molecule has 0 radical (unpaired) electrons. The third kappa shape index (κ3) is 2.14. The fourth-order valence-corrected chi connectivity index (χ4v) is 2.35. The normalized spacial score (nSPS) is 20.9. The minimum absolute atomic E-state index is 0.281. The van der Waals surface area contributed by atoms with E-state index in [1.54, 1.807) is 6.07 Å². The van der Waals surface area contributed by atoms with Gasteiger partial charge >= 0.3 is 0 Å². The molecule has 5 nitrogen and oxygen atoms in total. The van der Waals surface area contributed by atoms with Crippen molar-refractivity contribution in [3.63, 3.8) is 0 Å². The summed E-state index contributed by atoms with van der Waals surface area (Å²) >= 11 is 0. The molecule has 0 fully saturated rings. The molecule has 1 aromatic carbocycles. The molecule has 92 valence electrons. The third-order valence-corrected chi connectivity index (χ3v) is 3.19. The quantitative estimate of drug-likeness (QED) is 0.382. The van der Waals surface area contributed by atoms with Gasteiger partial charge < -0.3 is 0 Å². The predicted octanol–water partition coefficient (Wildman–Crippen LogP) is 2.39. The fourth-order valence-electron chi connectivity index (χ4n) is 2.35. The maximum atomic E-state index is 13.1. The second-order valence-electron chi connectivity index (χ2n) is 4.20. The molecule has 2 rings (SSSR count). The van der Waals surface area contributed by atoms with Crippen molar-refractivity contribution in [2.24, 2.45) is 5.11 Å². The summed E-state index contributed by atoms with van der Waals surface area (Å²) < 4.78 is 13.1. The third-order valence-electron chi connectivity index (χ3n) is 3.19. The molecular formula is C12H12FN5. The molecule has 0 amide bonds. The minimum atomic E-state index is -0.784. The van der Waals surface area contributed by atoms with Crippen molar-refractivity contribution in [1.82, 2.24) is 5.32 Å². The fraction of sp³-hybridized carbons (Fsp3) is 0.417. The van der Waals surface area contributed by atoms with Crippen LogP contribution in [0.2, 0.25) is 0 Å². The van der Waals surface area contributed by atoms with E-state index < -0.39 is 5.54 Å². The average molecular weight is 245 g/mol. The van der Waals surface area contributed by atoms with E-state index in [2.05, 4.69) is 21.4 Å². The Balaban J connectivity index is 2.21. The number of fused-ring (bicyclic) bond motifs is 1. The molecule has 0 saturated heterocycles. The maximum absolute atomic E-state index is 13.1. The first-order valence-corrected chi connectivity index (χ1v) is 5.68. The second-order valence-corrected chi connectivity index (χ2v) is 4.20. The van der Waals surface area contributed by atoms with Crippen LogP contribution in [0.4, 0.5) is 4.39 Å². The zero-order valence-electron chi connectivity index (χ0n) is 9.73. The van der Waals surface area contributed by atoms with Crippen LogP contribution in [0, 0.1) is 17.1 Å². The van der Waals surface area contributed by atoms with Gasteiger partial charge in [-0.15, -0.1) is 0 Å². The van der Waals surface area contributed by atoms with Gasteiger partial charge in [0.25, 0.3) is 0 Å². The molecule has 1 aliphatic rings. The lowest BCUT2D eigenvalue weighted by Crippen LogP contribution is -2.40. The lowest BCUT2D eigenvalue weighted by Gasteiger charge is -2.23. The van der Waals surface area contributed by atoms with Gasteiger partial charge in [-0.25, -0.2) is 4.39 Å². The van der Waals surface area contributed by atoms with Crippen molar-refractivity contribution in [2.45, 2.75) is 18.4 Å². The van der Waals surface area contributed by atoms with Gasteiger partial charge in [-0.05, 0) is 41.6 Å². The number of nitrogens with one attached hydrogen (secondary N) is 1. The SMILES string of the molecule is N#CC1(NCCN=[N+]=[N-])CCc2cc(F)ccc21. The number of hydrogen-bond acceptors (Lipinski definition) is 3. The monoisotopic (exact) mass is 245 g/mol. The van der Waals surface area contributed by atoms with Crippen molar-refractivity contribution in [1.29, 1.82) is 5.26 Å². The standard InChI is InChI=1S/C12H12FN5/c13-10-1-2-11-9(7-10)3-4-12(11,8-14)16-5-6-17-18-15/h1-2,7,16H,3-6H2. The van der Waals surface area contributed by atoms with E-state index >= 15 is 0 Å². The maximum Gasteiger partial charge on any atom is 0.132 e. The highest BCUT2D eigenvalue weighted by Crippen LogP contribution is 2.36. The average Bonchev–Trinajstić information content (AvgIpc) is 2.73. The molecule has 18 heavy (non-hydrogen) atoms. The first-order chi connectivity index (χ1) is 8.72. The van der Waals surface area contributed by atoms with Gasteiger partial charge in [0.15, 0.2) is 0 Å². The largest absolute Gasteiger partial charge is 0.296 e. The summed E-state index contributed by atoms with van der Waals surface area (Å²) in [6, 6.07) is 6.76. The Morgan fingerprint density at radius 2 is 2.44 bits per heavy atom. The topological polar surface area (TPSA) is 84.6 Å². The van der Waals surface area contributed by atoms with E-state index in [0.717, 1.165) is 11.1 Å². The molecular weight excluding hydrogens is 233 g/mol. The van der Waals surface area contributed by atoms with Crippen molar-refractivity contribution in [3.05, 3.63) is 45.6 Å². The molecule has 1 unspecified atom stereocenters. The molecule has 0 aromatic heterocycles. The van der Waals surface area contributed by atoms with E-state index in [-0.39, 0.29) is 12.4 Å². The summed E-state index contributed by atoms with van der Waals surface area (Å²) in [5.74, 6) is -0.281. The van der Waals surface area contributed by atoms with Crippen LogP contribution in [0.25, 0.3) is 10.4 Å². The van der Waals surface area contributed by atoms with E-state index in [9.17, 15) is 9.65 Å². The van der Waals surface area contributed by atoms with E-state index in [0.29, 0.717) is 19.4 Å². The Labute approximate surface area is 104 Å². The number of halogens is 1. The van der Waals surface area contributed by atoms with Gasteiger partial charge in [0, 0.05) is 18.0 Å². The molecule has 6 heteroatoms. The van der Waals surface area contributed by atoms with Crippen LogP contribution in [0.5, 0.6) is 0 Å². The van der Waals surface area contributed by atoms with Gasteiger partial charge in [-0.2, -0.15) is 5.26 Å². The van der Waals surface area contributed by atoms with Gasteiger partial charge in [-0.1, -0.05) is 11.2 Å². The van der Waals surface area contributed by atoms with Crippen LogP contribution < -0.4 is 5.32 Å². The zero-order chi connectivity index (χ0) is 13.0. The van der Waals surface area contributed by atoms with Gasteiger partial charge in [-0.3, -0.25) is 5.32 Å². The summed E-state index contributed by atoms with van der Waals surface area (Å²) in [7, 11) is 0. The van der Waals surface area contributed by atoms with Crippen molar-refractivity contribution >= 4 is 0 Å². The lowest BCUT2D eigenvalue weighted by molar-refractivity contribution is 0.431. The molecule has 1 atom stereocenters. The molecule has 1 aliphatic carbocycles. The summed E-state index contributed by atoms with van der Waals surface area (Å²) in [6.07, 6.45) is 1.29. The smallest absolute Gasteiger partial charge is 0.132 e. The second kappa shape index (κ2) is 5.05. The highest BCUT2D eigenvalue weighted by Gasteiger charge is 2.38. The molecule has 0 saturated carbocycles. The molecule has 0 aliphatic heterocycles. The van der Waals surface area contributed by atoms with Gasteiger partial charge in [0.2, 0.25) is 0 Å². The van der Waals surface area contributed by atoms with Crippen molar-refractivity contribution in [3.8, 4) is 6.07 Å². The number of benzene rings is 1. The number of hydrogen-bond donors (Lipinski definition) is 1. The van der Waals surface area contributed by atoms with Crippen LogP contribution in [-0.2, 0) is 12.0 Å². The van der Waals surface area contributed by atoms with E-state index in [1.165, 1.54) is 12.1 Å². The number of aryl methyl sites for hydroxylation is 1. The highest BCUT2D eigenvalue weighted by atomic mass is 19.1. The molecule has 0 heterocycles. The Hall–Kier alpha value is -2.09. The number of rotatable bonds is 4. The number of azide groups is 1. The molecule has 0 bridgehead atoms. The first kappa shape index (κ1) is 12.4. The van der Waals surface area contributed by atoms with Gasteiger partial charge in [0.1, 0.15) is 11.4 Å². The number of nitriles is 1. The van der Waals surface area contributed by atoms with Crippen molar-refractivity contribution in [2.75, 3.05) is 13.1 Å².